The van der Waals surface area contributed by atoms with Gasteiger partial charge in [-0.15, -0.1) is 0 Å². The number of nitrogen functional groups attached to an aromatic ring is 1. The summed E-state index contributed by atoms with van der Waals surface area (Å²) in [6, 6.07) is -10.1. The number of aliphatic carboxylic acids is 4. The summed E-state index contributed by atoms with van der Waals surface area (Å²) < 4.78 is 5.73. The third-order valence-corrected chi connectivity index (χ3v) is 18.1. The van der Waals surface area contributed by atoms with Crippen molar-refractivity contribution in [2.45, 2.75) is 223 Å². The number of carboxylic acids is 4. The summed E-state index contributed by atoms with van der Waals surface area (Å²) in [5, 5.41) is 219. The Morgan fingerprint density at radius 2 is 1.12 bits per heavy atom. The quantitative estimate of drug-likeness (QED) is 0.00668. The molecule has 14 unspecified atom stereocenters. The highest BCUT2D eigenvalue weighted by molar-refractivity contribution is 6.04. The normalized spacial score (nSPS) is 22.1. The Kier molecular flexibility index (Phi) is 40.8. The molecule has 0 bridgehead atoms. The largest absolute Gasteiger partial charge is 0.497 e. The number of esters is 1. The van der Waals surface area contributed by atoms with Crippen LogP contribution in [0.1, 0.15) is 160 Å². The maximum Gasteiger partial charge on any atom is 0.331 e. The second-order valence-corrected chi connectivity index (χ2v) is 27.8. The zero-order valence-electron chi connectivity index (χ0n) is 65.7. The van der Waals surface area contributed by atoms with Gasteiger partial charge in [-0.25, -0.2) is 69.7 Å². The number of nitrogens with one attached hydrogen (secondary N) is 2. The van der Waals surface area contributed by atoms with Gasteiger partial charge in [0.15, 0.2) is 35.7 Å². The Hall–Kier alpha value is -12.7. The molecule has 4 rings (SSSR count). The molecule has 2 aromatic carbocycles. The first-order valence-corrected chi connectivity index (χ1v) is 37.7. The predicted molar refractivity (Wildman–Crippen MR) is 440 cm³/mol. The molecule has 43 heteroatoms. The number of anilines is 1. The number of Topliss-reactive ketones (excluding diaryl/α,β-unsaturated/α-hetero) is 1. The van der Waals surface area contributed by atoms with Crippen LogP contribution in [0.4, 0.5) is 5.69 Å². The van der Waals surface area contributed by atoms with E-state index < -0.39 is 255 Å². The summed E-state index contributed by atoms with van der Waals surface area (Å²) in [5.41, 5.74) is 12.7. The molecule has 1 aliphatic heterocycles. The number of aliphatic imine (C=N–C) groups is 13. The molecule has 43 nitrogen and oxygen atoms in total. The standard InChI is InChI=1S/C75H107N17O26/c1-6-37(2)18-11-9-7-8-10-12-24-56(96)84-47(27-41-33-79-45-22-16-14-19-42(41)45)69(111)87-48(29-55(78)95)70(112)89-51(32-62(105)106)71(113)92-64-40(5)118-75(117)52(28-54(94)43-20-13-15-21-44(43)77)90-74(116)63(38(3)26-59(99)100)91-72(114)53(36-93)85-58(98)34-80-66(108)49(30-60(101)102)86-65(107)39(4)82-68(110)50(31-61(103)104)88-67(109)46(23-17-25-76)83-57(97)35-81-73(64)115/h13-16,19-22,33,37-40,46-53,63-64,79,93H,6-12,17-18,23-32,34-36,76-77H2,1-5H3,(H2,78,95)(H,80,108)(H,81,115)(H,82,110)(H,83,97)(H,84,96)(H,85,98)(H,86,107)(H,87,111)(H,88,109)(H,89,112)(H,90,116)(H,91,114)(H,92,113)(H,99,100)(H,101,102)(H,103,104)(H,105,106). The van der Waals surface area contributed by atoms with Gasteiger partial charge >= 0.3 is 29.8 Å². The number of aromatic nitrogens is 1. The Morgan fingerprint density at radius 1 is 0.576 bits per heavy atom. The summed E-state index contributed by atoms with van der Waals surface area (Å²) in [6.07, 6.45) is -0.387. The van der Waals surface area contributed by atoms with Crippen molar-refractivity contribution >= 4 is 135 Å². The number of ketones is 1. The Morgan fingerprint density at radius 3 is 1.72 bits per heavy atom. The summed E-state index contributed by atoms with van der Waals surface area (Å²) in [5.74, 6) is -26.8. The van der Waals surface area contributed by atoms with Crippen molar-refractivity contribution in [1.29, 1.82) is 5.41 Å². The molecule has 1 aromatic heterocycles. The van der Waals surface area contributed by atoms with E-state index in [2.05, 4.69) is 83.7 Å². The lowest BCUT2D eigenvalue weighted by atomic mass is 9.97. The number of benzene rings is 2. The van der Waals surface area contributed by atoms with Crippen LogP contribution in [-0.2, 0) is 35.1 Å². The minimum absolute atomic E-state index is 0.0511. The molecule has 0 saturated carbocycles. The second-order valence-electron chi connectivity index (χ2n) is 27.8. The summed E-state index contributed by atoms with van der Waals surface area (Å²) in [6.45, 7) is 3.65. The molecule has 0 aliphatic carbocycles. The van der Waals surface area contributed by atoms with Crippen molar-refractivity contribution in [1.82, 2.24) is 4.98 Å². The van der Waals surface area contributed by atoms with E-state index in [0.717, 1.165) is 65.7 Å². The summed E-state index contributed by atoms with van der Waals surface area (Å²) in [4.78, 5) is 132. The summed E-state index contributed by atoms with van der Waals surface area (Å²) >= 11 is 0. The van der Waals surface area contributed by atoms with E-state index in [1.165, 1.54) is 24.3 Å². The number of H-pyrrole nitrogens is 1. The molecule has 0 amide bonds. The molecule has 0 fully saturated rings. The minimum atomic E-state index is -2.42. The molecule has 0 radical (unpaired) electrons. The number of ether oxygens (including phenoxy) is 1. The average Bonchev–Trinajstić information content (AvgIpc) is 1.69. The van der Waals surface area contributed by atoms with Gasteiger partial charge in [-0.1, -0.05) is 96.0 Å². The number of carboxylic acid groups (broad SMARTS) is 4. The van der Waals surface area contributed by atoms with Crippen LogP contribution in [0.3, 0.4) is 0 Å². The fraction of sp³-hybridized carbons (Fsp3) is 0.547. The van der Waals surface area contributed by atoms with Gasteiger partial charge in [0.25, 0.3) is 0 Å². The first kappa shape index (κ1) is 97.7. The lowest BCUT2D eigenvalue weighted by Crippen LogP contribution is -2.40. The third-order valence-electron chi connectivity index (χ3n) is 18.1. The molecule has 25 N–H and O–H groups in total. The van der Waals surface area contributed by atoms with E-state index in [4.69, 9.17) is 21.6 Å². The first-order chi connectivity index (χ1) is 55.7. The average molecular weight is 1660 g/mol. The molecule has 118 heavy (non-hydrogen) atoms. The van der Waals surface area contributed by atoms with Crippen LogP contribution in [0.25, 0.3) is 10.9 Å². The van der Waals surface area contributed by atoms with Crippen LogP contribution >= 0.6 is 0 Å². The number of fused-ring (bicyclic) bond motifs is 1. The SMILES string of the molecule is CCC(C)CCCCCCCCC(O)=NC(Cc1c[nH]c2ccccc12)C(O)=NC(CC(=N)O)C(O)=NC(CC(=O)O)C(O)=NC1C(O)=NCC(O)=NC(CCCN)C(O)=NC(CC(=O)O)C(O)=NC(C)C(O)=NC(CC(=O)O)C(O)=NCC(O)=NC(CO)C(O)=NC(C(C)CC(=O)O)C(O)=NC(CC(=O)c2ccccc2N)C(=O)OC1C. The monoisotopic (exact) mass is 1660 g/mol. The molecule has 1 aliphatic rings. The molecule has 648 valence electrons. The number of para-hydroxylation sites is 2. The van der Waals surface area contributed by atoms with E-state index in [1.54, 1.807) is 30.5 Å². The zero-order chi connectivity index (χ0) is 88.0. The van der Waals surface area contributed by atoms with Gasteiger partial charge in [0.2, 0.25) is 70.8 Å². The zero-order valence-corrected chi connectivity index (χ0v) is 65.7. The number of nitrogens with zero attached hydrogens (tertiary/aromatic N) is 13. The van der Waals surface area contributed by atoms with Crippen molar-refractivity contribution in [3.05, 3.63) is 65.9 Å². The highest BCUT2D eigenvalue weighted by Gasteiger charge is 2.37. The van der Waals surface area contributed by atoms with E-state index in [1.807, 2.05) is 0 Å². The summed E-state index contributed by atoms with van der Waals surface area (Å²) in [7, 11) is 0. The number of nitrogens with two attached hydrogens (primary N) is 2. The van der Waals surface area contributed by atoms with Crippen molar-refractivity contribution in [2.24, 2.45) is 82.5 Å². The smallest absolute Gasteiger partial charge is 0.331 e. The van der Waals surface area contributed by atoms with Crippen molar-refractivity contribution in [3.63, 3.8) is 0 Å². The molecule has 14 atom stereocenters. The number of carbonyl (C=O) groups is 6. The topological polar surface area (TPSA) is 748 Å². The fourth-order valence-electron chi connectivity index (χ4n) is 11.6. The molecule has 0 spiro atoms. The van der Waals surface area contributed by atoms with Crippen molar-refractivity contribution < 1.29 is 131 Å². The minimum Gasteiger partial charge on any atom is -0.497 e. The number of hydrogen-bond acceptors (Lipinski definition) is 24. The van der Waals surface area contributed by atoms with Gasteiger partial charge in [-0.05, 0) is 75.3 Å². The predicted octanol–water partition coefficient (Wildman–Crippen LogP) is 7.38. The van der Waals surface area contributed by atoms with E-state index in [0.29, 0.717) is 28.8 Å². The maximum absolute atomic E-state index is 14.9. The van der Waals surface area contributed by atoms with Gasteiger partial charge in [0.1, 0.15) is 67.5 Å². The lowest BCUT2D eigenvalue weighted by Gasteiger charge is -2.24. The first-order valence-electron chi connectivity index (χ1n) is 37.7. The number of aromatic amines is 1. The Bertz CT molecular complexity index is 4340. The maximum atomic E-state index is 14.9. The third kappa shape index (κ3) is 33.6. The molecule has 3 aromatic rings. The van der Waals surface area contributed by atoms with E-state index >= 15 is 0 Å². The van der Waals surface area contributed by atoms with Crippen LogP contribution in [-0.4, -0.2) is 319 Å². The molecular weight excluding hydrogens is 1550 g/mol. The van der Waals surface area contributed by atoms with Gasteiger partial charge in [0.05, 0.1) is 38.7 Å². The number of rotatable bonds is 37. The van der Waals surface area contributed by atoms with Crippen LogP contribution in [0.2, 0.25) is 0 Å². The van der Waals surface area contributed by atoms with Crippen LogP contribution in [0, 0.1) is 17.2 Å². The highest BCUT2D eigenvalue weighted by Crippen LogP contribution is 2.25. The number of hydrogen-bond donors (Lipinski definition) is 23. The number of aliphatic hydroxyl groups is 15. The second kappa shape index (κ2) is 49.3. The number of carbonyl (C=O) groups excluding carboxylic acids is 2. The number of unbranched alkanes of at least 4 members (excludes halogenated alkanes) is 5. The van der Waals surface area contributed by atoms with Crippen LogP contribution in [0.15, 0.2) is 120 Å². The Balaban J connectivity index is 2.08. The Labute approximate surface area is 676 Å². The lowest BCUT2D eigenvalue weighted by molar-refractivity contribution is -0.150. The van der Waals surface area contributed by atoms with Gasteiger partial charge in [-0.2, -0.15) is 0 Å². The van der Waals surface area contributed by atoms with Crippen LogP contribution < -0.4 is 11.5 Å². The van der Waals surface area contributed by atoms with E-state index in [-0.39, 0.29) is 43.5 Å². The van der Waals surface area contributed by atoms with Crippen molar-refractivity contribution in [2.75, 3.05) is 32.0 Å². The molecular formula is C75H107N17O26. The van der Waals surface area contributed by atoms with Gasteiger partial charge in [-0.3, -0.25) is 29.4 Å². The number of aliphatic hydroxyl groups excluding tert-OH is 15. The molecule has 0 saturated heterocycles. The van der Waals surface area contributed by atoms with E-state index in [9.17, 15) is 126 Å². The number of cyclic esters (lactones) is 1. The van der Waals surface area contributed by atoms with Gasteiger partial charge < -0.3 is 118 Å². The fourth-order valence-corrected chi connectivity index (χ4v) is 11.6. The molecule has 2 heterocycles. The van der Waals surface area contributed by atoms with Crippen molar-refractivity contribution in [3.8, 4) is 0 Å². The van der Waals surface area contributed by atoms with Gasteiger partial charge in [0, 0.05) is 47.6 Å². The highest BCUT2D eigenvalue weighted by atomic mass is 16.5. The van der Waals surface area contributed by atoms with Crippen LogP contribution in [0.5, 0.6) is 0 Å².